The summed E-state index contributed by atoms with van der Waals surface area (Å²) < 4.78 is 41.6. The third-order valence-electron chi connectivity index (χ3n) is 4.79. The van der Waals surface area contributed by atoms with Crippen molar-refractivity contribution in [1.29, 1.82) is 0 Å². The topological polar surface area (TPSA) is 147 Å². The minimum Gasteiger partial charge on any atom is -0.382 e. The normalized spacial score (nSPS) is 12.6. The smallest absolute Gasteiger partial charge is 0.382 e. The number of alkyl halides is 3. The third kappa shape index (κ3) is 5.07. The van der Waals surface area contributed by atoms with Gasteiger partial charge in [0.15, 0.2) is 23.6 Å². The van der Waals surface area contributed by atoms with Gasteiger partial charge in [-0.1, -0.05) is 17.7 Å². The number of halogens is 4. The van der Waals surface area contributed by atoms with E-state index in [4.69, 9.17) is 17.3 Å². The first-order chi connectivity index (χ1) is 16.5. The van der Waals surface area contributed by atoms with Crippen LogP contribution < -0.4 is 11.4 Å². The van der Waals surface area contributed by atoms with Crippen LogP contribution in [0.1, 0.15) is 16.4 Å². The van der Waals surface area contributed by atoms with Crippen LogP contribution in [0.15, 0.2) is 53.5 Å². The summed E-state index contributed by atoms with van der Waals surface area (Å²) in [5.74, 6) is -1.17. The van der Waals surface area contributed by atoms with Crippen LogP contribution in [-0.4, -0.2) is 57.4 Å². The Morgan fingerprint density at radius 3 is 2.46 bits per heavy atom. The van der Waals surface area contributed by atoms with Gasteiger partial charge in [0.25, 0.3) is 5.91 Å². The first-order valence-electron chi connectivity index (χ1n) is 9.90. The number of hydrogen-bond donors (Lipinski definition) is 2. The summed E-state index contributed by atoms with van der Waals surface area (Å²) in [6.07, 6.45) is -6.32. The molecular weight excluding hydrogens is 493 g/mol. The molecule has 4 rings (SSSR count). The minimum atomic E-state index is -4.96. The molecule has 0 radical (unpaired) electrons. The van der Waals surface area contributed by atoms with Crippen LogP contribution in [0, 0.1) is 0 Å². The predicted molar refractivity (Wildman–Crippen MR) is 116 cm³/mol. The van der Waals surface area contributed by atoms with Crippen LogP contribution in [0.5, 0.6) is 0 Å². The second kappa shape index (κ2) is 9.31. The van der Waals surface area contributed by atoms with Crippen molar-refractivity contribution in [3.8, 4) is 17.2 Å². The molecule has 1 atom stereocenters. The summed E-state index contributed by atoms with van der Waals surface area (Å²) >= 11 is 5.88. The van der Waals surface area contributed by atoms with Crippen LogP contribution in [-0.2, 0) is 13.1 Å². The van der Waals surface area contributed by atoms with Gasteiger partial charge >= 0.3 is 11.9 Å². The Morgan fingerprint density at radius 1 is 1.14 bits per heavy atom. The quantitative estimate of drug-likeness (QED) is 0.383. The highest BCUT2D eigenvalue weighted by atomic mass is 35.5. The number of hydrogen-bond acceptors (Lipinski definition) is 7. The number of aliphatic hydroxyl groups is 1. The van der Waals surface area contributed by atoms with E-state index >= 15 is 0 Å². The molecule has 3 heterocycles. The molecule has 0 spiro atoms. The Bertz CT molecular complexity index is 1410. The number of rotatable bonds is 7. The molecule has 15 heteroatoms. The molecule has 3 N–H and O–H groups in total. The molecule has 0 saturated carbocycles. The van der Waals surface area contributed by atoms with E-state index in [9.17, 15) is 27.9 Å². The number of nitrogens with two attached hydrogens (primary N) is 1. The van der Waals surface area contributed by atoms with Crippen LogP contribution in [0.2, 0.25) is 5.02 Å². The minimum absolute atomic E-state index is 0.0739. The number of amides is 1. The van der Waals surface area contributed by atoms with Crippen molar-refractivity contribution >= 4 is 17.5 Å². The average molecular weight is 509 g/mol. The number of nitrogens with zero attached hydrogens (tertiary/aromatic N) is 7. The molecule has 0 unspecified atom stereocenters. The fourth-order valence-corrected chi connectivity index (χ4v) is 3.28. The van der Waals surface area contributed by atoms with Gasteiger partial charge in [0.1, 0.15) is 6.54 Å². The van der Waals surface area contributed by atoms with E-state index in [1.807, 2.05) is 0 Å². The number of primary amides is 1. The highest BCUT2D eigenvalue weighted by Gasteiger charge is 2.39. The first-order valence-corrected chi connectivity index (χ1v) is 10.3. The summed E-state index contributed by atoms with van der Waals surface area (Å²) in [7, 11) is 0. The summed E-state index contributed by atoms with van der Waals surface area (Å²) in [6, 6.07) is 10.7. The summed E-state index contributed by atoms with van der Waals surface area (Å²) in [4.78, 5) is 32.9. The highest BCUT2D eigenvalue weighted by Crippen LogP contribution is 2.24. The Hall–Kier alpha value is -4.04. The predicted octanol–water partition coefficient (Wildman–Crippen LogP) is 1.41. The molecule has 0 saturated heterocycles. The molecular formula is C20H16ClF3N8O3. The Kier molecular flexibility index (Phi) is 6.41. The summed E-state index contributed by atoms with van der Waals surface area (Å²) in [5.41, 5.74) is 4.69. The second-order valence-corrected chi connectivity index (χ2v) is 7.69. The van der Waals surface area contributed by atoms with Crippen molar-refractivity contribution in [1.82, 2.24) is 34.1 Å². The van der Waals surface area contributed by atoms with E-state index in [1.54, 1.807) is 18.2 Å². The standard InChI is InChI=1S/C20H16ClF3N8O3/c21-12-6-4-11(5-7-12)17-29-31(19(35)30(17)9-13(33)20(22,23)24)10-14-27-18(16(25)34)32(28-14)15-3-1-2-8-26-15/h1-8,13,33H,9-10H2,(H2,25,34)/t13-/m0/s1. The lowest BCUT2D eigenvalue weighted by Crippen LogP contribution is -2.37. The van der Waals surface area contributed by atoms with E-state index in [0.717, 1.165) is 9.36 Å². The molecule has 0 fully saturated rings. The summed E-state index contributed by atoms with van der Waals surface area (Å²) in [6.45, 7) is -1.50. The molecule has 11 nitrogen and oxygen atoms in total. The maximum atomic E-state index is 13.0. The molecule has 1 aromatic carbocycles. The third-order valence-corrected chi connectivity index (χ3v) is 5.04. The SMILES string of the molecule is NC(=O)c1nc(Cn2nc(-c3ccc(Cl)cc3)n(C[C@H](O)C(F)(F)F)c2=O)nn1-c1ccccn1. The monoisotopic (exact) mass is 508 g/mol. The molecule has 35 heavy (non-hydrogen) atoms. The zero-order valence-electron chi connectivity index (χ0n) is 17.6. The van der Waals surface area contributed by atoms with Crippen molar-refractivity contribution in [2.75, 3.05) is 0 Å². The number of carbonyl (C=O) groups excluding carboxylic acids is 1. The van der Waals surface area contributed by atoms with E-state index in [1.165, 1.54) is 30.5 Å². The Morgan fingerprint density at radius 2 is 1.86 bits per heavy atom. The van der Waals surface area contributed by atoms with Gasteiger partial charge < -0.3 is 10.8 Å². The van der Waals surface area contributed by atoms with Crippen molar-refractivity contribution in [3.05, 3.63) is 75.8 Å². The maximum absolute atomic E-state index is 13.0. The second-order valence-electron chi connectivity index (χ2n) is 7.25. The van der Waals surface area contributed by atoms with E-state index < -0.39 is 37.0 Å². The Labute approximate surface area is 199 Å². The van der Waals surface area contributed by atoms with Gasteiger partial charge in [-0.25, -0.2) is 19.4 Å². The van der Waals surface area contributed by atoms with Gasteiger partial charge in [0, 0.05) is 16.8 Å². The van der Waals surface area contributed by atoms with E-state index in [2.05, 4.69) is 20.2 Å². The number of carbonyl (C=O) groups is 1. The highest BCUT2D eigenvalue weighted by molar-refractivity contribution is 6.30. The van der Waals surface area contributed by atoms with Gasteiger partial charge in [-0.2, -0.15) is 17.9 Å². The van der Waals surface area contributed by atoms with Gasteiger partial charge in [0.2, 0.25) is 5.82 Å². The number of aliphatic hydroxyl groups excluding tert-OH is 1. The molecule has 0 aliphatic heterocycles. The molecule has 0 aliphatic carbocycles. The van der Waals surface area contributed by atoms with Crippen molar-refractivity contribution in [2.45, 2.75) is 25.4 Å². The lowest BCUT2D eigenvalue weighted by molar-refractivity contribution is -0.207. The fraction of sp³-hybridized carbons (Fsp3) is 0.200. The maximum Gasteiger partial charge on any atom is 0.416 e. The molecule has 0 aliphatic rings. The number of benzene rings is 1. The lowest BCUT2D eigenvalue weighted by Gasteiger charge is -2.15. The van der Waals surface area contributed by atoms with Gasteiger partial charge in [-0.15, -0.1) is 10.2 Å². The van der Waals surface area contributed by atoms with Crippen molar-refractivity contribution in [2.24, 2.45) is 5.73 Å². The van der Waals surface area contributed by atoms with Crippen molar-refractivity contribution < 1.29 is 23.1 Å². The van der Waals surface area contributed by atoms with Crippen LogP contribution in [0.3, 0.4) is 0 Å². The molecule has 4 aromatic rings. The zero-order chi connectivity index (χ0) is 25.3. The molecule has 182 valence electrons. The first kappa shape index (κ1) is 24.1. The van der Waals surface area contributed by atoms with Crippen LogP contribution in [0.4, 0.5) is 13.2 Å². The van der Waals surface area contributed by atoms with E-state index in [-0.39, 0.29) is 28.9 Å². The van der Waals surface area contributed by atoms with Gasteiger partial charge in [-0.3, -0.25) is 9.36 Å². The van der Waals surface area contributed by atoms with Crippen LogP contribution in [0.25, 0.3) is 17.2 Å². The molecule has 1 amide bonds. The number of aromatic nitrogens is 7. The lowest BCUT2D eigenvalue weighted by atomic mass is 10.2. The molecule has 0 bridgehead atoms. The molecule has 3 aromatic heterocycles. The average Bonchev–Trinajstić information content (AvgIpc) is 3.37. The van der Waals surface area contributed by atoms with Gasteiger partial charge in [0.05, 0.1) is 6.54 Å². The summed E-state index contributed by atoms with van der Waals surface area (Å²) in [5, 5.41) is 18.2. The number of pyridine rings is 1. The largest absolute Gasteiger partial charge is 0.416 e. The zero-order valence-corrected chi connectivity index (χ0v) is 18.3. The fourth-order valence-electron chi connectivity index (χ4n) is 3.15. The van der Waals surface area contributed by atoms with E-state index in [0.29, 0.717) is 9.59 Å². The van der Waals surface area contributed by atoms with Gasteiger partial charge in [-0.05, 0) is 36.4 Å². The van der Waals surface area contributed by atoms with Crippen LogP contribution >= 0.6 is 11.6 Å². The van der Waals surface area contributed by atoms with Crippen molar-refractivity contribution in [3.63, 3.8) is 0 Å². The Balaban J connectivity index is 1.77.